The highest BCUT2D eigenvalue weighted by molar-refractivity contribution is 6.78. The Bertz CT molecular complexity index is 1130. The number of hydrogen-bond acceptors (Lipinski definition) is 3. The lowest BCUT2D eigenvalue weighted by Gasteiger charge is -2.49. The van der Waals surface area contributed by atoms with Gasteiger partial charge < -0.3 is 8.85 Å². The Kier molecular flexibility index (Phi) is 14.7. The van der Waals surface area contributed by atoms with Crippen LogP contribution in [0.3, 0.4) is 0 Å². The van der Waals surface area contributed by atoms with E-state index in [9.17, 15) is 0 Å². The molecule has 0 amide bonds. The minimum Gasteiger partial charge on any atom is -0.413 e. The topological polar surface area (TPSA) is 42.2 Å². The van der Waals surface area contributed by atoms with Crippen LogP contribution in [0, 0.1) is 34.5 Å². The molecule has 0 radical (unpaired) electrons. The van der Waals surface area contributed by atoms with Gasteiger partial charge >= 0.3 is 0 Å². The number of nitriles is 1. The number of rotatable bonds is 15. The van der Waals surface area contributed by atoms with Gasteiger partial charge in [-0.25, -0.2) is 0 Å². The van der Waals surface area contributed by atoms with E-state index in [0.29, 0.717) is 56.9 Å². The molecule has 48 heavy (non-hydrogen) atoms. The zero-order chi connectivity index (χ0) is 36.2. The molecule has 0 aliphatic heterocycles. The number of allylic oxidation sites excluding steroid dienone is 3. The Labute approximate surface area is 301 Å². The van der Waals surface area contributed by atoms with Gasteiger partial charge in [-0.05, 0) is 119 Å². The van der Waals surface area contributed by atoms with E-state index in [0.717, 1.165) is 25.2 Å². The summed E-state index contributed by atoms with van der Waals surface area (Å²) in [5.74, 6) is 2.13. The summed E-state index contributed by atoms with van der Waals surface area (Å²) in [6.07, 6.45) is 16.5. The summed E-state index contributed by atoms with van der Waals surface area (Å²) in [4.78, 5) is 0. The van der Waals surface area contributed by atoms with Gasteiger partial charge in [-0.3, -0.25) is 0 Å². The molecule has 6 atom stereocenters. The van der Waals surface area contributed by atoms with Crippen LogP contribution in [0.4, 0.5) is 0 Å². The summed E-state index contributed by atoms with van der Waals surface area (Å²) < 4.78 is 15.2. The quantitative estimate of drug-likeness (QED) is 0.126. The molecule has 3 fully saturated rings. The van der Waals surface area contributed by atoms with E-state index in [1.807, 2.05) is 0 Å². The molecule has 0 heterocycles. The Morgan fingerprint density at radius 1 is 0.833 bits per heavy atom. The number of unbranched alkanes of at least 4 members (excludes halogenated alkanes) is 1. The second kappa shape index (κ2) is 17.1. The number of hydrogen-bond donors (Lipinski definition) is 0. The van der Waals surface area contributed by atoms with E-state index >= 15 is 0 Å². The van der Waals surface area contributed by atoms with Crippen molar-refractivity contribution in [1.29, 1.82) is 5.26 Å². The van der Waals surface area contributed by atoms with Crippen molar-refractivity contribution < 1.29 is 8.85 Å². The molecule has 274 valence electrons. The van der Waals surface area contributed by atoms with Gasteiger partial charge in [0, 0.05) is 12.8 Å². The molecular weight excluding hydrogens is 619 g/mol. The molecule has 0 aromatic rings. The van der Waals surface area contributed by atoms with Crippen LogP contribution in [0.1, 0.15) is 161 Å². The fraction of sp³-hybridized carbons (Fsp3) is 0.837. The van der Waals surface area contributed by atoms with Crippen LogP contribution in [0.15, 0.2) is 35.5 Å². The van der Waals surface area contributed by atoms with E-state index in [1.54, 1.807) is 5.57 Å². The van der Waals surface area contributed by atoms with Crippen LogP contribution in [-0.4, -0.2) is 28.8 Å². The van der Waals surface area contributed by atoms with Gasteiger partial charge in [0.25, 0.3) is 0 Å². The molecule has 0 aromatic heterocycles. The van der Waals surface area contributed by atoms with E-state index in [4.69, 9.17) is 20.7 Å². The Balaban J connectivity index is 2.02. The lowest BCUT2D eigenvalue weighted by atomic mass is 9.60. The fourth-order valence-electron chi connectivity index (χ4n) is 11.9. The third-order valence-electron chi connectivity index (χ3n) is 14.0. The highest BCUT2D eigenvalue weighted by atomic mass is 28.4. The van der Waals surface area contributed by atoms with Gasteiger partial charge in [0.2, 0.25) is 16.6 Å². The fourth-order valence-corrected chi connectivity index (χ4v) is 23.0. The van der Waals surface area contributed by atoms with Crippen LogP contribution in [0.5, 0.6) is 0 Å². The molecule has 5 heteroatoms. The van der Waals surface area contributed by atoms with Gasteiger partial charge in [0.1, 0.15) is 0 Å². The van der Waals surface area contributed by atoms with Crippen LogP contribution in [-0.2, 0) is 8.85 Å². The van der Waals surface area contributed by atoms with Gasteiger partial charge in [-0.15, -0.1) is 0 Å². The molecule has 0 spiro atoms. The molecule has 0 aromatic carbocycles. The van der Waals surface area contributed by atoms with E-state index in [-0.39, 0.29) is 12.2 Å². The van der Waals surface area contributed by atoms with Gasteiger partial charge in [-0.1, -0.05) is 121 Å². The smallest absolute Gasteiger partial charge is 0.201 e. The van der Waals surface area contributed by atoms with Crippen molar-refractivity contribution >= 4 is 16.6 Å². The first-order valence-electron chi connectivity index (χ1n) is 20.2. The van der Waals surface area contributed by atoms with E-state index in [2.05, 4.69) is 115 Å². The second-order valence-corrected chi connectivity index (χ2v) is 29.3. The first kappa shape index (κ1) is 41.5. The predicted molar refractivity (Wildman–Crippen MR) is 213 cm³/mol. The summed E-state index contributed by atoms with van der Waals surface area (Å²) >= 11 is 0. The van der Waals surface area contributed by atoms with E-state index in [1.165, 1.54) is 49.7 Å². The molecule has 0 unspecified atom stereocenters. The molecule has 3 saturated carbocycles. The lowest BCUT2D eigenvalue weighted by molar-refractivity contribution is 0.0910. The standard InChI is InChI=1S/C43H77NO2Si2/c1-29(2)47(30(3)4,31(5)6)45-39-27-38(36(14)42(28-39)46-48(32(7)8,33(9)10)34(11)12)22-21-37-20-18-25-43(15)40(23-24-41(37)43)35(13)19-16-17-26-44/h21-22,29-35,39-42H,14,16-20,23-25,27-28H2,1-13,15H3/b37-21?,38-22+/t35-,39-,40-,41+,42+,43-/m1/s1. The summed E-state index contributed by atoms with van der Waals surface area (Å²) in [6, 6.07) is 2.36. The first-order valence-corrected chi connectivity index (χ1v) is 24.5. The Morgan fingerprint density at radius 2 is 1.38 bits per heavy atom. The third-order valence-corrected chi connectivity index (χ3v) is 26.3. The molecule has 3 rings (SSSR count). The third kappa shape index (κ3) is 8.24. The Hall–Kier alpha value is -0.936. The molecule has 0 N–H and O–H groups in total. The van der Waals surface area contributed by atoms with Crippen LogP contribution in [0.2, 0.25) is 33.2 Å². The maximum atomic E-state index is 9.11. The normalized spacial score (nSPS) is 29.7. The van der Waals surface area contributed by atoms with Crippen molar-refractivity contribution in [3.8, 4) is 6.07 Å². The summed E-state index contributed by atoms with van der Waals surface area (Å²) in [7, 11) is -4.19. The minimum atomic E-state index is -2.12. The Morgan fingerprint density at radius 3 is 1.90 bits per heavy atom. The summed E-state index contributed by atoms with van der Waals surface area (Å²) in [5, 5.41) is 9.11. The SMILES string of the molecule is C=C1/C(=C/C=C2CCC[C@]3(C)[C@@H]([C@H](C)CCCC#N)CC[C@@H]23)C[C@@H](O[Si](C(C)C)(C(C)C)C(C)C)C[C@@H]1O[Si](C(C)C)(C(C)C)C(C)C. The monoisotopic (exact) mass is 696 g/mol. The van der Waals surface area contributed by atoms with Crippen LogP contribution < -0.4 is 0 Å². The summed E-state index contributed by atoms with van der Waals surface area (Å²) in [5.41, 5.74) is 7.92. The zero-order valence-corrected chi connectivity index (χ0v) is 36.0. The molecule has 0 saturated heterocycles. The molecule has 0 bridgehead atoms. The lowest BCUT2D eigenvalue weighted by Crippen LogP contribution is -2.54. The van der Waals surface area contributed by atoms with Crippen molar-refractivity contribution in [1.82, 2.24) is 0 Å². The highest BCUT2D eigenvalue weighted by Gasteiger charge is 2.52. The van der Waals surface area contributed by atoms with Crippen LogP contribution >= 0.6 is 0 Å². The maximum Gasteiger partial charge on any atom is 0.201 e. The molecule has 3 aliphatic carbocycles. The van der Waals surface area contributed by atoms with Gasteiger partial charge in [-0.2, -0.15) is 5.26 Å². The van der Waals surface area contributed by atoms with Gasteiger partial charge in [0.05, 0.1) is 18.3 Å². The second-order valence-electron chi connectivity index (χ2n) is 18.5. The molecule has 3 aliphatic rings. The van der Waals surface area contributed by atoms with Crippen molar-refractivity contribution in [3.63, 3.8) is 0 Å². The van der Waals surface area contributed by atoms with Crippen molar-refractivity contribution in [2.24, 2.45) is 23.2 Å². The predicted octanol–water partition coefficient (Wildman–Crippen LogP) is 13.9. The van der Waals surface area contributed by atoms with Crippen molar-refractivity contribution in [3.05, 3.63) is 35.5 Å². The number of fused-ring (bicyclic) bond motifs is 1. The zero-order valence-electron chi connectivity index (χ0n) is 34.0. The molecular formula is C43H77NO2Si2. The highest BCUT2D eigenvalue weighted by Crippen LogP contribution is 2.60. The van der Waals surface area contributed by atoms with E-state index < -0.39 is 16.6 Å². The average Bonchev–Trinajstić information content (AvgIpc) is 3.35. The van der Waals surface area contributed by atoms with Crippen LogP contribution in [0.25, 0.3) is 0 Å². The largest absolute Gasteiger partial charge is 0.413 e. The van der Waals surface area contributed by atoms with Gasteiger partial charge in [0.15, 0.2) is 0 Å². The molecule has 3 nitrogen and oxygen atoms in total. The maximum absolute atomic E-state index is 9.11. The average molecular weight is 696 g/mol. The summed E-state index contributed by atoms with van der Waals surface area (Å²) in [6.45, 7) is 38.8. The van der Waals surface area contributed by atoms with Crippen molar-refractivity contribution in [2.45, 2.75) is 207 Å². The first-order chi connectivity index (χ1) is 22.4. The van der Waals surface area contributed by atoms with Crippen molar-refractivity contribution in [2.75, 3.05) is 0 Å². The minimum absolute atomic E-state index is 0.0206. The number of nitrogens with zero attached hydrogens (tertiary/aromatic N) is 1.